The lowest BCUT2D eigenvalue weighted by Gasteiger charge is -2.23. The summed E-state index contributed by atoms with van der Waals surface area (Å²) in [5.74, 6) is -0.610. The number of rotatable bonds is 11. The Balaban J connectivity index is 1.08. The Kier molecular flexibility index (Phi) is 12.0. The zero-order valence-electron chi connectivity index (χ0n) is 33.8. The van der Waals surface area contributed by atoms with Crippen LogP contribution < -0.4 is 21.5 Å². The minimum Gasteiger partial charge on any atom is -0.465 e. The minimum atomic E-state index is -1.19. The first kappa shape index (κ1) is 41.9. The maximum Gasteiger partial charge on any atom is 0.408 e. The number of fused-ring (bicyclic) bond motifs is 2. The van der Waals surface area contributed by atoms with E-state index in [-0.39, 0.29) is 42.2 Å². The van der Waals surface area contributed by atoms with Gasteiger partial charge in [-0.1, -0.05) is 66.2 Å². The van der Waals surface area contributed by atoms with Crippen molar-refractivity contribution in [1.29, 1.82) is 0 Å². The highest BCUT2D eigenvalue weighted by atomic mass is 35.5. The molecule has 3 atom stereocenters. The van der Waals surface area contributed by atoms with Crippen molar-refractivity contribution in [3.63, 3.8) is 0 Å². The van der Waals surface area contributed by atoms with Crippen LogP contribution in [0.15, 0.2) is 83.9 Å². The second-order valence-corrected chi connectivity index (χ2v) is 16.7. The molecule has 15 heteroatoms. The number of aliphatic hydroxyl groups is 1. The highest BCUT2D eigenvalue weighted by molar-refractivity contribution is 6.36. The third kappa shape index (κ3) is 9.14. The molecule has 0 saturated carbocycles. The fraction of sp³-hybridized carbons (Fsp3) is 0.333. The average Bonchev–Trinajstić information content (AvgIpc) is 3.81. The predicted molar refractivity (Wildman–Crippen MR) is 227 cm³/mol. The van der Waals surface area contributed by atoms with Crippen molar-refractivity contribution in [2.75, 3.05) is 13.2 Å². The number of carbonyl (C=O) groups excluding carboxylic acids is 3. The molecule has 7 rings (SSSR count). The summed E-state index contributed by atoms with van der Waals surface area (Å²) in [6.07, 6.45) is 3.12. The van der Waals surface area contributed by atoms with Crippen LogP contribution >= 0.6 is 11.6 Å². The summed E-state index contributed by atoms with van der Waals surface area (Å²) >= 11 is 7.22. The van der Waals surface area contributed by atoms with Gasteiger partial charge in [0.25, 0.3) is 5.56 Å². The molecule has 1 aliphatic carbocycles. The number of hydrogen-bond donors (Lipinski definition) is 5. The number of hydrogen-bond acceptors (Lipinski definition) is 8. The Labute approximate surface area is 351 Å². The lowest BCUT2D eigenvalue weighted by molar-refractivity contribution is -0.124. The molecule has 0 radical (unpaired) electrons. The summed E-state index contributed by atoms with van der Waals surface area (Å²) in [7, 11) is 0. The number of ether oxygens (including phenoxy) is 1. The van der Waals surface area contributed by atoms with E-state index in [9.17, 15) is 34.2 Å². The first-order valence-electron chi connectivity index (χ1n) is 19.8. The van der Waals surface area contributed by atoms with Gasteiger partial charge in [-0.15, -0.1) is 0 Å². The molecular formula is C45H47ClN6O8. The summed E-state index contributed by atoms with van der Waals surface area (Å²) in [5.41, 5.74) is 7.88. The highest BCUT2D eigenvalue weighted by Crippen LogP contribution is 2.41. The number of benzene rings is 3. The van der Waals surface area contributed by atoms with Crippen molar-refractivity contribution < 1.29 is 34.1 Å². The monoisotopic (exact) mass is 834 g/mol. The largest absolute Gasteiger partial charge is 0.465 e. The van der Waals surface area contributed by atoms with Gasteiger partial charge in [-0.05, 0) is 98.0 Å². The second-order valence-electron chi connectivity index (χ2n) is 16.3. The van der Waals surface area contributed by atoms with Gasteiger partial charge in [0, 0.05) is 48.6 Å². The fourth-order valence-corrected chi connectivity index (χ4v) is 8.26. The van der Waals surface area contributed by atoms with E-state index in [0.717, 1.165) is 55.0 Å². The molecule has 3 aromatic carbocycles. The van der Waals surface area contributed by atoms with Gasteiger partial charge < -0.3 is 35.8 Å². The number of aromatic nitrogens is 2. The van der Waals surface area contributed by atoms with Crippen LogP contribution in [0.3, 0.4) is 0 Å². The molecule has 1 aliphatic heterocycles. The standard InChI is InChI=1S/C45H47ClN6O8/c1-25-33(28-15-16-52-38(20-28)47-21-30(42(52)56)22-51(44(58)59)23-31-13-14-39(54)48-31)7-5-8-34(25)36-10-6-9-35(40(36)46)27-12-11-26-18-32(19-29(26)17-27)49-41(55)37(24-53)50-43(57)60-45(2,3)4/h5-12,15-17,20-21,31-32,37,53H,13-14,18-19,22-24H2,1-4H3,(H,48,54)(H,49,55)(H,50,57)(H,58,59)/t31-,32?,37-/m0/s1. The molecule has 0 spiro atoms. The Morgan fingerprint density at radius 3 is 2.38 bits per heavy atom. The number of nitrogens with zero attached hydrogens (tertiary/aromatic N) is 3. The van der Waals surface area contributed by atoms with Crippen LogP contribution in [0.25, 0.3) is 39.0 Å². The summed E-state index contributed by atoms with van der Waals surface area (Å²) in [6, 6.07) is 20.0. The molecule has 5 N–H and O–H groups in total. The van der Waals surface area contributed by atoms with E-state index < -0.39 is 36.3 Å². The summed E-state index contributed by atoms with van der Waals surface area (Å²) < 4.78 is 6.64. The number of carbonyl (C=O) groups is 4. The third-order valence-electron chi connectivity index (χ3n) is 10.9. The van der Waals surface area contributed by atoms with E-state index in [2.05, 4.69) is 27.0 Å². The van der Waals surface area contributed by atoms with Gasteiger partial charge in [0.15, 0.2) is 0 Å². The molecule has 5 aromatic rings. The Bertz CT molecular complexity index is 2570. The number of alkyl carbamates (subject to hydrolysis) is 1. The molecule has 1 saturated heterocycles. The summed E-state index contributed by atoms with van der Waals surface area (Å²) in [5, 5.41) is 28.4. The fourth-order valence-electron chi connectivity index (χ4n) is 7.92. The second kappa shape index (κ2) is 17.2. The van der Waals surface area contributed by atoms with Crippen LogP contribution in [0.4, 0.5) is 9.59 Å². The lowest BCUT2D eigenvalue weighted by atomic mass is 9.91. The van der Waals surface area contributed by atoms with E-state index >= 15 is 0 Å². The van der Waals surface area contributed by atoms with Gasteiger partial charge >= 0.3 is 12.2 Å². The number of aliphatic hydroxyl groups excluding tert-OH is 1. The van der Waals surface area contributed by atoms with Crippen LogP contribution in [0, 0.1) is 6.92 Å². The molecular weight excluding hydrogens is 788 g/mol. The van der Waals surface area contributed by atoms with E-state index in [1.54, 1.807) is 27.0 Å². The van der Waals surface area contributed by atoms with Crippen molar-refractivity contribution in [3.05, 3.63) is 117 Å². The molecule has 2 aliphatic rings. The Hall–Kier alpha value is -6.25. The average molecular weight is 835 g/mol. The number of pyridine rings is 1. The van der Waals surface area contributed by atoms with Crippen LogP contribution in [0.2, 0.25) is 5.02 Å². The molecule has 1 unspecified atom stereocenters. The zero-order valence-corrected chi connectivity index (χ0v) is 34.5. The molecule has 4 amide bonds. The molecule has 60 heavy (non-hydrogen) atoms. The first-order valence-corrected chi connectivity index (χ1v) is 20.2. The molecule has 2 aromatic heterocycles. The normalized spacial score (nSPS) is 16.5. The quantitative estimate of drug-likeness (QED) is 0.108. The maximum absolute atomic E-state index is 13.5. The Morgan fingerprint density at radius 2 is 1.68 bits per heavy atom. The smallest absolute Gasteiger partial charge is 0.408 e. The van der Waals surface area contributed by atoms with Gasteiger partial charge in [-0.25, -0.2) is 14.6 Å². The summed E-state index contributed by atoms with van der Waals surface area (Å²) in [6.45, 7) is 6.50. The molecule has 1 fully saturated rings. The van der Waals surface area contributed by atoms with Gasteiger partial charge in [0.2, 0.25) is 11.8 Å². The maximum atomic E-state index is 13.5. The SMILES string of the molecule is Cc1c(-c2ccn3c(=O)c(CN(C[C@@H]4CCC(=O)N4)C(=O)O)cnc3c2)cccc1-c1cccc(-c2ccc3c(c2)CC(NC(=O)[C@H](CO)NC(=O)OC(C)(C)C)C3)c1Cl. The van der Waals surface area contributed by atoms with Crippen LogP contribution in [-0.4, -0.2) is 85.4 Å². The van der Waals surface area contributed by atoms with E-state index in [4.69, 9.17) is 16.3 Å². The molecule has 0 bridgehead atoms. The predicted octanol–water partition coefficient (Wildman–Crippen LogP) is 5.88. The Morgan fingerprint density at radius 1 is 0.983 bits per heavy atom. The van der Waals surface area contributed by atoms with Gasteiger partial charge in [-0.2, -0.15) is 0 Å². The van der Waals surface area contributed by atoms with Crippen LogP contribution in [-0.2, 0) is 33.7 Å². The minimum absolute atomic E-state index is 0.0750. The van der Waals surface area contributed by atoms with Crippen molar-refractivity contribution in [2.24, 2.45) is 0 Å². The van der Waals surface area contributed by atoms with Crippen LogP contribution in [0.1, 0.15) is 55.9 Å². The van der Waals surface area contributed by atoms with E-state index in [1.807, 2.05) is 67.6 Å². The number of halogens is 1. The van der Waals surface area contributed by atoms with Crippen LogP contribution in [0.5, 0.6) is 0 Å². The number of amides is 4. The van der Waals surface area contributed by atoms with Crippen molar-refractivity contribution >= 4 is 41.2 Å². The van der Waals surface area contributed by atoms with E-state index in [1.165, 1.54) is 10.6 Å². The van der Waals surface area contributed by atoms with Gasteiger partial charge in [0.1, 0.15) is 17.3 Å². The first-order chi connectivity index (χ1) is 28.6. The topological polar surface area (TPSA) is 192 Å². The number of carboxylic acid groups (broad SMARTS) is 1. The van der Waals surface area contributed by atoms with Crippen molar-refractivity contribution in [1.82, 2.24) is 30.2 Å². The lowest BCUT2D eigenvalue weighted by Crippen LogP contribution is -2.52. The molecule has 3 heterocycles. The third-order valence-corrected chi connectivity index (χ3v) is 11.3. The zero-order chi connectivity index (χ0) is 42.9. The molecule has 14 nitrogen and oxygen atoms in total. The highest BCUT2D eigenvalue weighted by Gasteiger charge is 2.30. The molecule has 312 valence electrons. The van der Waals surface area contributed by atoms with Gasteiger partial charge in [0.05, 0.1) is 23.7 Å². The number of nitrogens with one attached hydrogen (secondary N) is 3. The summed E-state index contributed by atoms with van der Waals surface area (Å²) in [4.78, 5) is 68.1. The van der Waals surface area contributed by atoms with Crippen molar-refractivity contribution in [2.45, 2.75) is 83.6 Å². The van der Waals surface area contributed by atoms with E-state index in [0.29, 0.717) is 36.4 Å². The van der Waals surface area contributed by atoms with Gasteiger partial charge in [-0.3, -0.25) is 18.8 Å². The van der Waals surface area contributed by atoms with Crippen molar-refractivity contribution in [3.8, 4) is 33.4 Å².